The minimum atomic E-state index is -3.57. The summed E-state index contributed by atoms with van der Waals surface area (Å²) in [6, 6.07) is 3.67. The maximum atomic E-state index is 14.0. The van der Waals surface area contributed by atoms with Gasteiger partial charge >= 0.3 is 0 Å². The van der Waals surface area contributed by atoms with Crippen molar-refractivity contribution in [3.63, 3.8) is 0 Å². The number of aryl methyl sites for hydroxylation is 1. The lowest BCUT2D eigenvalue weighted by molar-refractivity contribution is 0.374. The average Bonchev–Trinajstić information content (AvgIpc) is 2.94. The Labute approximate surface area is 135 Å². The van der Waals surface area contributed by atoms with Gasteiger partial charge in [-0.05, 0) is 31.5 Å². The smallest absolute Gasteiger partial charge is 0.233 e. The van der Waals surface area contributed by atoms with Gasteiger partial charge in [-0.25, -0.2) is 12.8 Å². The van der Waals surface area contributed by atoms with Gasteiger partial charge in [0.2, 0.25) is 11.8 Å². The minimum Gasteiger partial charge on any atom is -0.424 e. The van der Waals surface area contributed by atoms with Crippen LogP contribution in [0.25, 0.3) is 0 Å². The molecule has 0 fully saturated rings. The van der Waals surface area contributed by atoms with Crippen molar-refractivity contribution in [2.24, 2.45) is 0 Å². The van der Waals surface area contributed by atoms with E-state index in [0.717, 1.165) is 6.26 Å². The highest BCUT2D eigenvalue weighted by atomic mass is 32.2. The van der Waals surface area contributed by atoms with Crippen molar-refractivity contribution in [2.75, 3.05) is 6.26 Å². The van der Waals surface area contributed by atoms with E-state index >= 15 is 0 Å². The van der Waals surface area contributed by atoms with E-state index in [9.17, 15) is 12.8 Å². The fraction of sp³-hybridized carbons (Fsp3) is 0.467. The second kappa shape index (κ2) is 6.76. The molecule has 23 heavy (non-hydrogen) atoms. The number of sulfone groups is 1. The predicted octanol–water partition coefficient (Wildman–Crippen LogP) is 2.59. The summed E-state index contributed by atoms with van der Waals surface area (Å²) in [4.78, 5) is -0.300. The van der Waals surface area contributed by atoms with E-state index < -0.39 is 15.7 Å². The summed E-state index contributed by atoms with van der Waals surface area (Å²) in [6.07, 6.45) is 1.64. The molecule has 126 valence electrons. The van der Waals surface area contributed by atoms with Gasteiger partial charge in [0.05, 0.1) is 6.04 Å². The van der Waals surface area contributed by atoms with Gasteiger partial charge in [-0.1, -0.05) is 13.0 Å². The highest BCUT2D eigenvalue weighted by Crippen LogP contribution is 2.22. The monoisotopic (exact) mass is 341 g/mol. The molecule has 0 aliphatic carbocycles. The van der Waals surface area contributed by atoms with Crippen molar-refractivity contribution >= 4 is 9.84 Å². The zero-order valence-corrected chi connectivity index (χ0v) is 14.3. The molecule has 1 aromatic carbocycles. The lowest BCUT2D eigenvalue weighted by Crippen LogP contribution is -2.23. The first-order chi connectivity index (χ1) is 10.7. The number of nitrogens with one attached hydrogen (secondary N) is 1. The Kier molecular flexibility index (Phi) is 5.16. The first-order valence-corrected chi connectivity index (χ1v) is 9.19. The molecule has 1 aromatic heterocycles. The van der Waals surface area contributed by atoms with E-state index in [1.807, 2.05) is 20.8 Å². The van der Waals surface area contributed by atoms with Gasteiger partial charge in [0.25, 0.3) is 0 Å². The Morgan fingerprint density at radius 2 is 1.96 bits per heavy atom. The standard InChI is InChI=1S/C15H20FN3O3S/c1-5-14-18-19-15(22-14)10(3)17-9(2)11-6-7-13(12(16)8-11)23(4,20)21/h6-10,17H,5H2,1-4H3/t9-,10+/m1/s1. The summed E-state index contributed by atoms with van der Waals surface area (Å²) in [6.45, 7) is 5.64. The molecule has 0 bridgehead atoms. The topological polar surface area (TPSA) is 85.1 Å². The second-order valence-corrected chi connectivity index (χ2v) is 7.44. The highest BCUT2D eigenvalue weighted by Gasteiger charge is 2.19. The Morgan fingerprint density at radius 3 is 2.48 bits per heavy atom. The van der Waals surface area contributed by atoms with Crippen molar-refractivity contribution < 1.29 is 17.2 Å². The molecule has 0 amide bonds. The van der Waals surface area contributed by atoms with Crippen LogP contribution in [0.4, 0.5) is 4.39 Å². The maximum absolute atomic E-state index is 14.0. The van der Waals surface area contributed by atoms with Crippen molar-refractivity contribution in [2.45, 2.75) is 44.2 Å². The van der Waals surface area contributed by atoms with Gasteiger partial charge in [-0.2, -0.15) is 0 Å². The van der Waals surface area contributed by atoms with E-state index in [-0.39, 0.29) is 17.0 Å². The van der Waals surface area contributed by atoms with Crippen LogP contribution in [0.15, 0.2) is 27.5 Å². The van der Waals surface area contributed by atoms with E-state index in [1.165, 1.54) is 12.1 Å². The van der Waals surface area contributed by atoms with E-state index in [0.29, 0.717) is 23.8 Å². The highest BCUT2D eigenvalue weighted by molar-refractivity contribution is 7.90. The minimum absolute atomic E-state index is 0.213. The number of hydrogen-bond donors (Lipinski definition) is 1. The van der Waals surface area contributed by atoms with Crippen LogP contribution in [0.1, 0.15) is 50.2 Å². The van der Waals surface area contributed by atoms with E-state index in [4.69, 9.17) is 4.42 Å². The normalized spacial score (nSPS) is 14.7. The first-order valence-electron chi connectivity index (χ1n) is 7.30. The zero-order chi connectivity index (χ0) is 17.2. The molecule has 8 heteroatoms. The average molecular weight is 341 g/mol. The SMILES string of the molecule is CCc1nnc([C@H](C)N[C@H](C)c2ccc(S(C)(=O)=O)c(F)c2)o1. The van der Waals surface area contributed by atoms with Gasteiger partial charge < -0.3 is 4.42 Å². The molecule has 2 atom stereocenters. The number of benzene rings is 1. The maximum Gasteiger partial charge on any atom is 0.233 e. The van der Waals surface area contributed by atoms with Crippen molar-refractivity contribution in [1.82, 2.24) is 15.5 Å². The van der Waals surface area contributed by atoms with Crippen LogP contribution in [0, 0.1) is 5.82 Å². The second-order valence-electron chi connectivity index (χ2n) is 5.46. The van der Waals surface area contributed by atoms with Crippen LogP contribution in [-0.2, 0) is 16.3 Å². The van der Waals surface area contributed by atoms with E-state index in [2.05, 4.69) is 15.5 Å². The number of rotatable bonds is 6. The van der Waals surface area contributed by atoms with Crippen molar-refractivity contribution in [3.8, 4) is 0 Å². The molecule has 2 aromatic rings. The zero-order valence-electron chi connectivity index (χ0n) is 13.5. The Hall–Kier alpha value is -1.80. The molecule has 6 nitrogen and oxygen atoms in total. The molecule has 2 rings (SSSR count). The van der Waals surface area contributed by atoms with E-state index in [1.54, 1.807) is 6.07 Å². The van der Waals surface area contributed by atoms with Crippen molar-refractivity contribution in [3.05, 3.63) is 41.4 Å². The first kappa shape index (κ1) is 17.6. The molecular formula is C15H20FN3O3S. The Balaban J connectivity index is 2.14. The largest absolute Gasteiger partial charge is 0.424 e. The van der Waals surface area contributed by atoms with Gasteiger partial charge in [-0.15, -0.1) is 10.2 Å². The Morgan fingerprint density at radius 1 is 1.26 bits per heavy atom. The Bertz CT molecular complexity index is 789. The van der Waals surface area contributed by atoms with Gasteiger partial charge in [0, 0.05) is 18.7 Å². The van der Waals surface area contributed by atoms with Crippen LogP contribution < -0.4 is 5.32 Å². The lowest BCUT2D eigenvalue weighted by atomic mass is 10.1. The van der Waals surface area contributed by atoms with Crippen LogP contribution in [0.2, 0.25) is 0 Å². The lowest BCUT2D eigenvalue weighted by Gasteiger charge is -2.18. The molecular weight excluding hydrogens is 321 g/mol. The van der Waals surface area contributed by atoms with Crippen LogP contribution in [0.3, 0.4) is 0 Å². The molecule has 0 saturated heterocycles. The fourth-order valence-corrected chi connectivity index (χ4v) is 2.94. The third-order valence-electron chi connectivity index (χ3n) is 3.51. The van der Waals surface area contributed by atoms with Crippen LogP contribution in [0.5, 0.6) is 0 Å². The summed E-state index contributed by atoms with van der Waals surface area (Å²) in [5.74, 6) is 0.268. The number of aromatic nitrogens is 2. The molecule has 0 unspecified atom stereocenters. The molecule has 0 spiro atoms. The van der Waals surface area contributed by atoms with Gasteiger partial charge in [0.15, 0.2) is 9.84 Å². The number of halogens is 1. The summed E-state index contributed by atoms with van der Waals surface area (Å²) in [7, 11) is -3.57. The summed E-state index contributed by atoms with van der Waals surface area (Å²) >= 11 is 0. The molecule has 1 heterocycles. The molecule has 1 N–H and O–H groups in total. The number of nitrogens with zero attached hydrogens (tertiary/aromatic N) is 2. The molecule has 0 aliphatic heterocycles. The summed E-state index contributed by atoms with van der Waals surface area (Å²) in [5, 5.41) is 11.1. The summed E-state index contributed by atoms with van der Waals surface area (Å²) in [5.41, 5.74) is 0.636. The van der Waals surface area contributed by atoms with Gasteiger partial charge in [0.1, 0.15) is 10.7 Å². The number of hydrogen-bond acceptors (Lipinski definition) is 6. The molecule has 0 saturated carbocycles. The van der Waals surface area contributed by atoms with Crippen molar-refractivity contribution in [1.29, 1.82) is 0 Å². The molecule has 0 radical (unpaired) electrons. The fourth-order valence-electron chi connectivity index (χ4n) is 2.21. The van der Waals surface area contributed by atoms with Crippen LogP contribution in [-0.4, -0.2) is 24.9 Å². The summed E-state index contributed by atoms with van der Waals surface area (Å²) < 4.78 is 42.3. The van der Waals surface area contributed by atoms with Gasteiger partial charge in [-0.3, -0.25) is 5.32 Å². The quantitative estimate of drug-likeness (QED) is 0.869. The predicted molar refractivity (Wildman–Crippen MR) is 83.2 cm³/mol. The molecule has 0 aliphatic rings. The third kappa shape index (κ3) is 4.14. The van der Waals surface area contributed by atoms with Crippen LogP contribution >= 0.6 is 0 Å². The third-order valence-corrected chi connectivity index (χ3v) is 4.64.